The summed E-state index contributed by atoms with van der Waals surface area (Å²) >= 11 is 0. The van der Waals surface area contributed by atoms with E-state index in [0.29, 0.717) is 24.0 Å². The molecule has 2 aromatic heterocycles. The highest BCUT2D eigenvalue weighted by Crippen LogP contribution is 2.12. The molecule has 2 N–H and O–H groups in total. The molecule has 0 amide bonds. The summed E-state index contributed by atoms with van der Waals surface area (Å²) < 4.78 is 5.10. The molecule has 0 atom stereocenters. The van der Waals surface area contributed by atoms with E-state index in [4.69, 9.17) is 10.3 Å². The maximum absolute atomic E-state index is 5.41. The standard InChI is InChI=1S/C10H13N5O/c11-5-2-1-3-9-14-10(15-16-9)8-4-6-12-7-13-8/h4,6-7H,1-3,5,11H2. The quantitative estimate of drug-likeness (QED) is 0.748. The fraction of sp³-hybridized carbons (Fsp3) is 0.400. The second kappa shape index (κ2) is 5.32. The van der Waals surface area contributed by atoms with E-state index in [-0.39, 0.29) is 0 Å². The van der Waals surface area contributed by atoms with Crippen LogP contribution in [-0.4, -0.2) is 26.7 Å². The van der Waals surface area contributed by atoms with Gasteiger partial charge in [0.25, 0.3) is 0 Å². The van der Waals surface area contributed by atoms with Gasteiger partial charge in [-0.05, 0) is 25.5 Å². The number of hydrogen-bond acceptors (Lipinski definition) is 6. The van der Waals surface area contributed by atoms with E-state index in [1.807, 2.05) is 0 Å². The Morgan fingerprint density at radius 2 is 2.25 bits per heavy atom. The van der Waals surface area contributed by atoms with Crippen LogP contribution in [0.1, 0.15) is 18.7 Å². The van der Waals surface area contributed by atoms with Gasteiger partial charge in [0.2, 0.25) is 11.7 Å². The Kier molecular flexibility index (Phi) is 3.55. The molecule has 2 aromatic rings. The lowest BCUT2D eigenvalue weighted by Crippen LogP contribution is -1.99. The molecule has 0 saturated carbocycles. The fourth-order valence-corrected chi connectivity index (χ4v) is 1.30. The average Bonchev–Trinajstić information content (AvgIpc) is 2.79. The van der Waals surface area contributed by atoms with Crippen molar-refractivity contribution in [2.45, 2.75) is 19.3 Å². The molecule has 0 fully saturated rings. The second-order valence-electron chi connectivity index (χ2n) is 3.35. The van der Waals surface area contributed by atoms with Crippen molar-refractivity contribution in [1.82, 2.24) is 20.1 Å². The van der Waals surface area contributed by atoms with Gasteiger partial charge in [-0.15, -0.1) is 0 Å². The third-order valence-corrected chi connectivity index (χ3v) is 2.12. The average molecular weight is 219 g/mol. The summed E-state index contributed by atoms with van der Waals surface area (Å²) in [5.74, 6) is 1.13. The van der Waals surface area contributed by atoms with Gasteiger partial charge < -0.3 is 10.3 Å². The molecule has 16 heavy (non-hydrogen) atoms. The lowest BCUT2D eigenvalue weighted by molar-refractivity contribution is 0.375. The van der Waals surface area contributed by atoms with Gasteiger partial charge in [-0.3, -0.25) is 0 Å². The van der Waals surface area contributed by atoms with Crippen molar-refractivity contribution in [3.05, 3.63) is 24.5 Å². The lowest BCUT2D eigenvalue weighted by atomic mass is 10.2. The second-order valence-corrected chi connectivity index (χ2v) is 3.35. The first-order chi connectivity index (χ1) is 7.90. The fourth-order valence-electron chi connectivity index (χ4n) is 1.30. The molecule has 0 bridgehead atoms. The van der Waals surface area contributed by atoms with Crippen molar-refractivity contribution < 1.29 is 4.52 Å². The maximum Gasteiger partial charge on any atom is 0.227 e. The van der Waals surface area contributed by atoms with Crippen LogP contribution in [0.4, 0.5) is 0 Å². The van der Waals surface area contributed by atoms with E-state index in [0.717, 1.165) is 19.3 Å². The zero-order valence-corrected chi connectivity index (χ0v) is 8.83. The molecular formula is C10H13N5O. The molecule has 0 spiro atoms. The Hall–Kier alpha value is -1.82. The van der Waals surface area contributed by atoms with E-state index in [1.165, 1.54) is 6.33 Å². The summed E-state index contributed by atoms with van der Waals surface area (Å²) in [6.45, 7) is 0.687. The molecular weight excluding hydrogens is 206 g/mol. The van der Waals surface area contributed by atoms with E-state index in [2.05, 4.69) is 20.1 Å². The van der Waals surface area contributed by atoms with Gasteiger partial charge in [0.1, 0.15) is 12.0 Å². The van der Waals surface area contributed by atoms with Crippen LogP contribution < -0.4 is 5.73 Å². The molecule has 0 aromatic carbocycles. The van der Waals surface area contributed by atoms with Gasteiger partial charge >= 0.3 is 0 Å². The molecule has 0 aliphatic carbocycles. The third kappa shape index (κ3) is 2.60. The number of rotatable bonds is 5. The van der Waals surface area contributed by atoms with Gasteiger partial charge in [-0.1, -0.05) is 5.16 Å². The minimum absolute atomic E-state index is 0.505. The SMILES string of the molecule is NCCCCc1nc(-c2ccncn2)no1. The number of hydrogen-bond donors (Lipinski definition) is 1. The highest BCUT2D eigenvalue weighted by Gasteiger charge is 2.08. The number of nitrogens with two attached hydrogens (primary N) is 1. The summed E-state index contributed by atoms with van der Waals surface area (Å²) in [5.41, 5.74) is 6.08. The predicted octanol–water partition coefficient (Wildman–Crippen LogP) is 0.808. The first-order valence-corrected chi connectivity index (χ1v) is 5.19. The van der Waals surface area contributed by atoms with Gasteiger partial charge in [0, 0.05) is 12.6 Å². The van der Waals surface area contributed by atoms with Gasteiger partial charge in [-0.2, -0.15) is 4.98 Å². The Morgan fingerprint density at radius 1 is 1.31 bits per heavy atom. The number of nitrogens with zero attached hydrogens (tertiary/aromatic N) is 4. The molecule has 0 aliphatic heterocycles. The normalized spacial score (nSPS) is 10.6. The lowest BCUT2D eigenvalue weighted by Gasteiger charge is -1.91. The number of aromatic nitrogens is 4. The molecule has 2 rings (SSSR count). The van der Waals surface area contributed by atoms with Crippen LogP contribution in [0.5, 0.6) is 0 Å². The van der Waals surface area contributed by atoms with Crippen LogP contribution in [0.15, 0.2) is 23.1 Å². The van der Waals surface area contributed by atoms with Crippen molar-refractivity contribution in [3.8, 4) is 11.5 Å². The summed E-state index contributed by atoms with van der Waals surface area (Å²) in [4.78, 5) is 12.1. The zero-order chi connectivity index (χ0) is 11.2. The minimum atomic E-state index is 0.505. The molecule has 84 valence electrons. The Balaban J connectivity index is 2.02. The first-order valence-electron chi connectivity index (χ1n) is 5.19. The highest BCUT2D eigenvalue weighted by atomic mass is 16.5. The Labute approximate surface area is 92.9 Å². The van der Waals surface area contributed by atoms with Crippen molar-refractivity contribution in [2.24, 2.45) is 5.73 Å². The van der Waals surface area contributed by atoms with Gasteiger partial charge in [-0.25, -0.2) is 9.97 Å². The summed E-state index contributed by atoms with van der Waals surface area (Å²) in [6.07, 6.45) is 5.79. The van der Waals surface area contributed by atoms with Crippen LogP contribution in [-0.2, 0) is 6.42 Å². The van der Waals surface area contributed by atoms with Crippen molar-refractivity contribution in [3.63, 3.8) is 0 Å². The molecule has 2 heterocycles. The minimum Gasteiger partial charge on any atom is -0.339 e. The molecule has 0 saturated heterocycles. The summed E-state index contributed by atoms with van der Waals surface area (Å²) in [5, 5.41) is 3.86. The van der Waals surface area contributed by atoms with Crippen LogP contribution in [0.3, 0.4) is 0 Å². The van der Waals surface area contributed by atoms with Crippen LogP contribution in [0.25, 0.3) is 11.5 Å². The number of aryl methyl sites for hydroxylation is 1. The molecule has 6 heteroatoms. The van der Waals surface area contributed by atoms with E-state index < -0.39 is 0 Å². The summed E-state index contributed by atoms with van der Waals surface area (Å²) in [7, 11) is 0. The molecule has 0 aliphatic rings. The van der Waals surface area contributed by atoms with E-state index in [1.54, 1.807) is 12.3 Å². The van der Waals surface area contributed by atoms with Gasteiger partial charge in [0.15, 0.2) is 0 Å². The smallest absolute Gasteiger partial charge is 0.227 e. The summed E-state index contributed by atoms with van der Waals surface area (Å²) in [6, 6.07) is 1.74. The molecule has 6 nitrogen and oxygen atoms in total. The van der Waals surface area contributed by atoms with Crippen molar-refractivity contribution >= 4 is 0 Å². The first kappa shape index (κ1) is 10.7. The number of unbranched alkanes of at least 4 members (excludes halogenated alkanes) is 1. The van der Waals surface area contributed by atoms with Crippen LogP contribution in [0, 0.1) is 0 Å². The predicted molar refractivity (Wildman–Crippen MR) is 57.3 cm³/mol. The molecule has 0 radical (unpaired) electrons. The topological polar surface area (TPSA) is 90.7 Å². The third-order valence-electron chi connectivity index (χ3n) is 2.12. The monoisotopic (exact) mass is 219 g/mol. The van der Waals surface area contributed by atoms with E-state index in [9.17, 15) is 0 Å². The maximum atomic E-state index is 5.41. The Bertz CT molecular complexity index is 428. The van der Waals surface area contributed by atoms with Crippen molar-refractivity contribution in [2.75, 3.05) is 6.54 Å². The Morgan fingerprint density at radius 3 is 3.00 bits per heavy atom. The highest BCUT2D eigenvalue weighted by molar-refractivity contribution is 5.46. The zero-order valence-electron chi connectivity index (χ0n) is 8.83. The van der Waals surface area contributed by atoms with Crippen molar-refractivity contribution in [1.29, 1.82) is 0 Å². The largest absolute Gasteiger partial charge is 0.339 e. The van der Waals surface area contributed by atoms with E-state index >= 15 is 0 Å². The van der Waals surface area contributed by atoms with Crippen LogP contribution in [0.2, 0.25) is 0 Å². The van der Waals surface area contributed by atoms with Gasteiger partial charge in [0.05, 0.1) is 0 Å². The molecule has 0 unspecified atom stereocenters. The van der Waals surface area contributed by atoms with Crippen LogP contribution >= 0.6 is 0 Å².